The van der Waals surface area contributed by atoms with Crippen molar-refractivity contribution in [3.63, 3.8) is 0 Å². The Morgan fingerprint density at radius 1 is 1.16 bits per heavy atom. The van der Waals surface area contributed by atoms with E-state index in [9.17, 15) is 4.79 Å². The van der Waals surface area contributed by atoms with Crippen LogP contribution in [0.15, 0.2) is 0 Å². The summed E-state index contributed by atoms with van der Waals surface area (Å²) in [6.45, 7) is 7.76. The van der Waals surface area contributed by atoms with Crippen molar-refractivity contribution in [1.82, 2.24) is 0 Å². The van der Waals surface area contributed by atoms with Crippen molar-refractivity contribution in [3.05, 3.63) is 0 Å². The van der Waals surface area contributed by atoms with Gasteiger partial charge in [0, 0.05) is 0 Å². The highest BCUT2D eigenvalue weighted by Gasteiger charge is 2.50. The van der Waals surface area contributed by atoms with Crippen molar-refractivity contribution < 1.29 is 28.5 Å². The van der Waals surface area contributed by atoms with Crippen LogP contribution in [0.2, 0.25) is 0 Å². The van der Waals surface area contributed by atoms with Gasteiger partial charge in [-0.15, -0.1) is 0 Å². The minimum Gasteiger partial charge on any atom is -0.469 e. The van der Waals surface area contributed by atoms with Gasteiger partial charge >= 0.3 is 5.97 Å². The van der Waals surface area contributed by atoms with E-state index in [0.717, 1.165) is 0 Å². The van der Waals surface area contributed by atoms with E-state index in [1.54, 1.807) is 0 Å². The fraction of sp³-hybridized carbons (Fsp3) is 0.923. The first-order valence-corrected chi connectivity index (χ1v) is 6.47. The average molecular weight is 274 g/mol. The van der Waals surface area contributed by atoms with Crippen molar-refractivity contribution in [2.75, 3.05) is 13.7 Å². The molecule has 0 N–H and O–H groups in total. The molecule has 110 valence electrons. The summed E-state index contributed by atoms with van der Waals surface area (Å²) in [5.41, 5.74) is 0. The zero-order chi connectivity index (χ0) is 14.3. The molecule has 0 unspecified atom stereocenters. The van der Waals surface area contributed by atoms with Crippen LogP contribution < -0.4 is 0 Å². The molecule has 0 aromatic carbocycles. The minimum atomic E-state index is -0.737. The molecule has 0 aromatic heterocycles. The van der Waals surface area contributed by atoms with Gasteiger partial charge in [-0.05, 0) is 27.7 Å². The predicted molar refractivity (Wildman–Crippen MR) is 65.4 cm³/mol. The van der Waals surface area contributed by atoms with Crippen molar-refractivity contribution >= 4 is 5.97 Å². The van der Waals surface area contributed by atoms with Gasteiger partial charge in [0.25, 0.3) is 0 Å². The first kappa shape index (κ1) is 14.7. The lowest BCUT2D eigenvalue weighted by atomic mass is 10.1. The number of carbonyl (C=O) groups is 1. The molecule has 0 spiro atoms. The van der Waals surface area contributed by atoms with E-state index in [-0.39, 0.29) is 30.7 Å². The Bertz CT molecular complexity index is 351. The summed E-state index contributed by atoms with van der Waals surface area (Å²) in [5, 5.41) is 0. The molecular weight excluding hydrogens is 252 g/mol. The van der Waals surface area contributed by atoms with E-state index in [1.165, 1.54) is 7.11 Å². The fourth-order valence-corrected chi connectivity index (χ4v) is 2.46. The maximum Gasteiger partial charge on any atom is 0.308 e. The van der Waals surface area contributed by atoms with Crippen LogP contribution in [0.25, 0.3) is 0 Å². The zero-order valence-electron chi connectivity index (χ0n) is 12.1. The topological polar surface area (TPSA) is 63.2 Å². The standard InChI is InChI=1S/C13H22O6/c1-12(2)16-7-9(18-12)11-8(6-10(14)15-5)17-13(3,4)19-11/h8-9,11H,6-7H2,1-5H3/t8-,9-,11+/m1/s1. The van der Waals surface area contributed by atoms with Gasteiger partial charge < -0.3 is 23.7 Å². The molecule has 6 nitrogen and oxygen atoms in total. The lowest BCUT2D eigenvalue weighted by Gasteiger charge is -2.23. The Balaban J connectivity index is 2.06. The van der Waals surface area contributed by atoms with Crippen LogP contribution in [0.3, 0.4) is 0 Å². The number of methoxy groups -OCH3 is 1. The van der Waals surface area contributed by atoms with Crippen LogP contribution in [0, 0.1) is 0 Å². The average Bonchev–Trinajstić information content (AvgIpc) is 2.78. The molecule has 0 saturated carbocycles. The number of ether oxygens (including phenoxy) is 5. The van der Waals surface area contributed by atoms with Crippen molar-refractivity contribution in [2.24, 2.45) is 0 Å². The normalized spacial score (nSPS) is 36.4. The van der Waals surface area contributed by atoms with E-state index in [1.807, 2.05) is 27.7 Å². The van der Waals surface area contributed by atoms with Crippen LogP contribution in [-0.2, 0) is 28.5 Å². The Morgan fingerprint density at radius 3 is 2.37 bits per heavy atom. The van der Waals surface area contributed by atoms with Gasteiger partial charge in [0.1, 0.15) is 18.3 Å². The number of carbonyl (C=O) groups excluding carboxylic acids is 1. The Morgan fingerprint density at radius 2 is 1.84 bits per heavy atom. The molecule has 0 aliphatic carbocycles. The van der Waals surface area contributed by atoms with Crippen LogP contribution in [0.4, 0.5) is 0 Å². The monoisotopic (exact) mass is 274 g/mol. The summed E-state index contributed by atoms with van der Waals surface area (Å²) in [6.07, 6.45) is -0.822. The maximum atomic E-state index is 11.4. The third-order valence-electron chi connectivity index (χ3n) is 3.21. The lowest BCUT2D eigenvalue weighted by Crippen LogP contribution is -2.39. The minimum absolute atomic E-state index is 0.144. The van der Waals surface area contributed by atoms with E-state index < -0.39 is 11.6 Å². The molecule has 2 saturated heterocycles. The summed E-state index contributed by atoms with van der Waals surface area (Å²) >= 11 is 0. The number of rotatable bonds is 3. The lowest BCUT2D eigenvalue weighted by molar-refractivity contribution is -0.175. The number of esters is 1. The molecule has 19 heavy (non-hydrogen) atoms. The summed E-state index contributed by atoms with van der Waals surface area (Å²) in [7, 11) is 1.36. The SMILES string of the molecule is COC(=O)C[C@H]1OC(C)(C)O[C@@H]1[C@H]1COC(C)(C)O1. The van der Waals surface area contributed by atoms with Gasteiger partial charge in [-0.3, -0.25) is 4.79 Å². The molecule has 2 fully saturated rings. The predicted octanol–water partition coefficient (Wildman–Crippen LogP) is 1.22. The Kier molecular flexibility index (Phi) is 3.88. The Hall–Kier alpha value is -0.690. The molecule has 0 radical (unpaired) electrons. The van der Waals surface area contributed by atoms with Crippen LogP contribution >= 0.6 is 0 Å². The molecule has 0 aromatic rings. The first-order valence-electron chi connectivity index (χ1n) is 6.47. The van der Waals surface area contributed by atoms with Gasteiger partial charge in [-0.1, -0.05) is 0 Å². The van der Waals surface area contributed by atoms with Gasteiger partial charge in [-0.2, -0.15) is 0 Å². The quantitative estimate of drug-likeness (QED) is 0.721. The largest absolute Gasteiger partial charge is 0.469 e. The third-order valence-corrected chi connectivity index (χ3v) is 3.21. The maximum absolute atomic E-state index is 11.4. The summed E-state index contributed by atoms with van der Waals surface area (Å²) in [6, 6.07) is 0. The summed E-state index contributed by atoms with van der Waals surface area (Å²) in [5.74, 6) is -1.69. The highest BCUT2D eigenvalue weighted by atomic mass is 16.8. The van der Waals surface area contributed by atoms with Gasteiger partial charge in [-0.25, -0.2) is 0 Å². The second-order valence-corrected chi connectivity index (χ2v) is 5.79. The summed E-state index contributed by atoms with van der Waals surface area (Å²) < 4.78 is 27.6. The molecule has 2 aliphatic heterocycles. The molecule has 6 heteroatoms. The smallest absolute Gasteiger partial charge is 0.308 e. The second kappa shape index (κ2) is 5.01. The summed E-state index contributed by atoms with van der Waals surface area (Å²) in [4.78, 5) is 11.4. The van der Waals surface area contributed by atoms with Gasteiger partial charge in [0.2, 0.25) is 0 Å². The van der Waals surface area contributed by atoms with Gasteiger partial charge in [0.15, 0.2) is 11.6 Å². The molecular formula is C13H22O6. The highest BCUT2D eigenvalue weighted by molar-refractivity contribution is 5.69. The van der Waals surface area contributed by atoms with Crippen LogP contribution in [-0.4, -0.2) is 49.6 Å². The van der Waals surface area contributed by atoms with E-state index in [0.29, 0.717) is 6.61 Å². The Labute approximate surface area is 113 Å². The van der Waals surface area contributed by atoms with E-state index in [2.05, 4.69) is 4.74 Å². The fourth-order valence-electron chi connectivity index (χ4n) is 2.46. The first-order chi connectivity index (χ1) is 8.72. The van der Waals surface area contributed by atoms with E-state index in [4.69, 9.17) is 18.9 Å². The molecule has 2 aliphatic rings. The molecule has 2 rings (SSSR count). The second-order valence-electron chi connectivity index (χ2n) is 5.79. The molecule has 0 amide bonds. The zero-order valence-corrected chi connectivity index (χ0v) is 12.1. The number of hydrogen-bond donors (Lipinski definition) is 0. The number of hydrogen-bond acceptors (Lipinski definition) is 6. The third kappa shape index (κ3) is 3.45. The highest BCUT2D eigenvalue weighted by Crippen LogP contribution is 2.36. The van der Waals surface area contributed by atoms with Crippen molar-refractivity contribution in [3.8, 4) is 0 Å². The van der Waals surface area contributed by atoms with Crippen LogP contribution in [0.1, 0.15) is 34.1 Å². The van der Waals surface area contributed by atoms with Crippen molar-refractivity contribution in [1.29, 1.82) is 0 Å². The molecule has 3 atom stereocenters. The van der Waals surface area contributed by atoms with Gasteiger partial charge in [0.05, 0.1) is 20.1 Å². The van der Waals surface area contributed by atoms with Crippen molar-refractivity contribution in [2.45, 2.75) is 64.0 Å². The van der Waals surface area contributed by atoms with E-state index >= 15 is 0 Å². The molecule has 0 bridgehead atoms. The molecule has 2 heterocycles. The van der Waals surface area contributed by atoms with Crippen LogP contribution in [0.5, 0.6) is 0 Å².